The van der Waals surface area contributed by atoms with E-state index < -0.39 is 17.6 Å². The second-order valence-electron chi connectivity index (χ2n) is 5.32. The maximum Gasteiger partial charge on any atom is 0.291 e. The molecule has 1 aliphatic rings. The summed E-state index contributed by atoms with van der Waals surface area (Å²) in [6.45, 7) is 0.504. The van der Waals surface area contributed by atoms with Gasteiger partial charge in [-0.3, -0.25) is 14.4 Å². The summed E-state index contributed by atoms with van der Waals surface area (Å²) in [5, 5.41) is 0. The van der Waals surface area contributed by atoms with E-state index in [1.54, 1.807) is 30.3 Å². The van der Waals surface area contributed by atoms with Gasteiger partial charge in [0.25, 0.3) is 5.91 Å². The summed E-state index contributed by atoms with van der Waals surface area (Å²) in [6, 6.07) is 18.1. The molecule has 1 saturated heterocycles. The zero-order chi connectivity index (χ0) is 15.5. The third kappa shape index (κ3) is 2.68. The molecular weight excluding hydrogens is 278 g/mol. The number of hydrogen-bond donors (Lipinski definition) is 0. The van der Waals surface area contributed by atoms with Crippen LogP contribution in [0, 0.1) is 5.92 Å². The number of hydrogen-bond acceptors (Lipinski definition) is 3. The SMILES string of the molecule is O=C1C(=O)N(Cc2ccccc2)CC1C(=O)c1ccccc1. The topological polar surface area (TPSA) is 54.5 Å². The lowest BCUT2D eigenvalue weighted by Gasteiger charge is -2.15. The first-order valence-electron chi connectivity index (χ1n) is 7.13. The molecule has 1 heterocycles. The lowest BCUT2D eigenvalue weighted by molar-refractivity contribution is -0.140. The van der Waals surface area contributed by atoms with Crippen LogP contribution in [0.1, 0.15) is 15.9 Å². The maximum absolute atomic E-state index is 12.4. The van der Waals surface area contributed by atoms with Crippen molar-refractivity contribution in [2.24, 2.45) is 5.92 Å². The van der Waals surface area contributed by atoms with Crippen LogP contribution in [-0.2, 0) is 16.1 Å². The summed E-state index contributed by atoms with van der Waals surface area (Å²) in [5.74, 6) is -2.35. The molecule has 0 aliphatic carbocycles. The summed E-state index contributed by atoms with van der Waals surface area (Å²) in [4.78, 5) is 38.0. The molecule has 1 atom stereocenters. The van der Waals surface area contributed by atoms with Crippen LogP contribution in [0.4, 0.5) is 0 Å². The maximum atomic E-state index is 12.4. The molecule has 1 aliphatic heterocycles. The van der Waals surface area contributed by atoms with Crippen molar-refractivity contribution in [3.63, 3.8) is 0 Å². The van der Waals surface area contributed by atoms with Crippen molar-refractivity contribution in [1.82, 2.24) is 4.90 Å². The van der Waals surface area contributed by atoms with Crippen molar-refractivity contribution < 1.29 is 14.4 Å². The minimum absolute atomic E-state index is 0.153. The first-order chi connectivity index (χ1) is 10.7. The smallest absolute Gasteiger partial charge is 0.291 e. The van der Waals surface area contributed by atoms with Crippen molar-refractivity contribution >= 4 is 17.5 Å². The molecule has 4 heteroatoms. The molecule has 2 aromatic rings. The highest BCUT2D eigenvalue weighted by atomic mass is 16.2. The second-order valence-corrected chi connectivity index (χ2v) is 5.32. The number of nitrogens with zero attached hydrogens (tertiary/aromatic N) is 1. The van der Waals surface area contributed by atoms with Crippen LogP contribution in [0.5, 0.6) is 0 Å². The molecular formula is C18H15NO3. The van der Waals surface area contributed by atoms with Gasteiger partial charge in [-0.25, -0.2) is 0 Å². The molecule has 3 rings (SSSR count). The Hall–Kier alpha value is -2.75. The van der Waals surface area contributed by atoms with Crippen LogP contribution in [0.25, 0.3) is 0 Å². The number of Topliss-reactive ketones (excluding diaryl/α,β-unsaturated/α-hetero) is 2. The fourth-order valence-corrected chi connectivity index (χ4v) is 2.64. The molecule has 0 spiro atoms. The number of likely N-dealkylation sites (tertiary alicyclic amines) is 1. The quantitative estimate of drug-likeness (QED) is 0.493. The van der Waals surface area contributed by atoms with E-state index >= 15 is 0 Å². The van der Waals surface area contributed by atoms with E-state index in [9.17, 15) is 14.4 Å². The molecule has 0 aromatic heterocycles. The minimum Gasteiger partial charge on any atom is -0.331 e. The Morgan fingerprint density at radius 3 is 2.18 bits per heavy atom. The molecule has 0 bridgehead atoms. The van der Waals surface area contributed by atoms with Crippen molar-refractivity contribution in [1.29, 1.82) is 0 Å². The lowest BCUT2D eigenvalue weighted by atomic mass is 9.96. The average molecular weight is 293 g/mol. The zero-order valence-electron chi connectivity index (χ0n) is 11.9. The molecule has 22 heavy (non-hydrogen) atoms. The van der Waals surface area contributed by atoms with Crippen molar-refractivity contribution in [3.8, 4) is 0 Å². The van der Waals surface area contributed by atoms with Crippen molar-refractivity contribution in [2.45, 2.75) is 6.54 Å². The fraction of sp³-hybridized carbons (Fsp3) is 0.167. The lowest BCUT2D eigenvalue weighted by Crippen LogP contribution is -2.26. The van der Waals surface area contributed by atoms with Gasteiger partial charge in [0, 0.05) is 18.7 Å². The third-order valence-electron chi connectivity index (χ3n) is 3.81. The molecule has 110 valence electrons. The van der Waals surface area contributed by atoms with E-state index in [4.69, 9.17) is 0 Å². The first-order valence-corrected chi connectivity index (χ1v) is 7.13. The van der Waals surface area contributed by atoms with Gasteiger partial charge < -0.3 is 4.90 Å². The van der Waals surface area contributed by atoms with E-state index in [0.717, 1.165) is 5.56 Å². The largest absolute Gasteiger partial charge is 0.331 e. The van der Waals surface area contributed by atoms with Crippen LogP contribution in [0.2, 0.25) is 0 Å². The summed E-state index contributed by atoms with van der Waals surface area (Å²) >= 11 is 0. The van der Waals surface area contributed by atoms with E-state index in [-0.39, 0.29) is 12.3 Å². The Balaban J connectivity index is 1.77. The van der Waals surface area contributed by atoms with Crippen molar-refractivity contribution in [2.75, 3.05) is 6.54 Å². The van der Waals surface area contributed by atoms with E-state index in [0.29, 0.717) is 12.1 Å². The Labute approximate surface area is 128 Å². The van der Waals surface area contributed by atoms with Gasteiger partial charge in [0.1, 0.15) is 5.92 Å². The number of rotatable bonds is 4. The van der Waals surface area contributed by atoms with Gasteiger partial charge in [0.05, 0.1) is 0 Å². The summed E-state index contributed by atoms with van der Waals surface area (Å²) in [7, 11) is 0. The zero-order valence-corrected chi connectivity index (χ0v) is 11.9. The van der Waals surface area contributed by atoms with Crippen LogP contribution in [0.15, 0.2) is 60.7 Å². The first kappa shape index (κ1) is 14.2. The molecule has 1 amide bonds. The predicted octanol–water partition coefficient (Wildman–Crippen LogP) is 2.10. The summed E-state index contributed by atoms with van der Waals surface area (Å²) in [6.07, 6.45) is 0. The van der Waals surface area contributed by atoms with Gasteiger partial charge in [-0.1, -0.05) is 60.7 Å². The number of amides is 1. The fourth-order valence-electron chi connectivity index (χ4n) is 2.64. The normalized spacial score (nSPS) is 17.8. The minimum atomic E-state index is -0.890. The number of carbonyl (C=O) groups is 3. The predicted molar refractivity (Wildman–Crippen MR) is 81.1 cm³/mol. The average Bonchev–Trinajstić information content (AvgIpc) is 2.84. The van der Waals surface area contributed by atoms with E-state index in [1.165, 1.54) is 4.90 Å². The van der Waals surface area contributed by atoms with Gasteiger partial charge in [-0.05, 0) is 5.56 Å². The van der Waals surface area contributed by atoms with Gasteiger partial charge in [0.2, 0.25) is 5.78 Å². The second kappa shape index (κ2) is 5.93. The summed E-state index contributed by atoms with van der Waals surface area (Å²) in [5.41, 5.74) is 1.41. The molecule has 0 saturated carbocycles. The van der Waals surface area contributed by atoms with Crippen LogP contribution in [-0.4, -0.2) is 28.9 Å². The Morgan fingerprint density at radius 2 is 1.55 bits per heavy atom. The van der Waals surface area contributed by atoms with E-state index in [2.05, 4.69) is 0 Å². The highest BCUT2D eigenvalue weighted by molar-refractivity contribution is 6.43. The molecule has 0 radical (unpaired) electrons. The van der Waals surface area contributed by atoms with Gasteiger partial charge in [0.15, 0.2) is 5.78 Å². The Morgan fingerprint density at radius 1 is 0.955 bits per heavy atom. The van der Waals surface area contributed by atoms with Gasteiger partial charge in [-0.2, -0.15) is 0 Å². The van der Waals surface area contributed by atoms with E-state index in [1.807, 2.05) is 30.3 Å². The van der Waals surface area contributed by atoms with Gasteiger partial charge >= 0.3 is 0 Å². The molecule has 0 N–H and O–H groups in total. The molecule has 1 fully saturated rings. The van der Waals surface area contributed by atoms with Crippen molar-refractivity contribution in [3.05, 3.63) is 71.8 Å². The Bertz CT molecular complexity index is 710. The molecule has 2 aromatic carbocycles. The molecule has 4 nitrogen and oxygen atoms in total. The highest BCUT2D eigenvalue weighted by Crippen LogP contribution is 2.21. The number of carbonyl (C=O) groups excluding carboxylic acids is 3. The third-order valence-corrected chi connectivity index (χ3v) is 3.81. The molecule has 1 unspecified atom stereocenters. The van der Waals surface area contributed by atoms with Gasteiger partial charge in [-0.15, -0.1) is 0 Å². The highest BCUT2D eigenvalue weighted by Gasteiger charge is 2.42. The standard InChI is InChI=1S/C18H15NO3/c20-16(14-9-5-2-6-10-14)15-12-19(18(22)17(15)21)11-13-7-3-1-4-8-13/h1-10,15H,11-12H2. The Kier molecular flexibility index (Phi) is 3.83. The number of benzene rings is 2. The van der Waals surface area contributed by atoms with Crippen LogP contribution in [0.3, 0.4) is 0 Å². The number of ketones is 2. The van der Waals surface area contributed by atoms with Crippen LogP contribution >= 0.6 is 0 Å². The summed E-state index contributed by atoms with van der Waals surface area (Å²) < 4.78 is 0. The van der Waals surface area contributed by atoms with Crippen LogP contribution < -0.4 is 0 Å². The monoisotopic (exact) mass is 293 g/mol.